The fraction of sp³-hybridized carbons (Fsp3) is 0.150. The Kier molecular flexibility index (Phi) is 4.75. The number of carbonyl (C=O) groups excluding carboxylic acids is 1. The molecule has 1 amide bonds. The first-order valence-corrected chi connectivity index (χ1v) is 8.06. The van der Waals surface area contributed by atoms with E-state index in [9.17, 15) is 14.9 Å². The zero-order valence-electron chi connectivity index (χ0n) is 13.9. The fourth-order valence-electron chi connectivity index (χ4n) is 2.83. The lowest BCUT2D eigenvalue weighted by molar-refractivity contribution is -0.384. The number of nitrogens with one attached hydrogen (secondary N) is 1. The summed E-state index contributed by atoms with van der Waals surface area (Å²) in [7, 11) is 0. The van der Waals surface area contributed by atoms with Gasteiger partial charge in [-0.05, 0) is 35.2 Å². The van der Waals surface area contributed by atoms with E-state index in [2.05, 4.69) is 5.32 Å². The fourth-order valence-corrected chi connectivity index (χ4v) is 2.83. The van der Waals surface area contributed by atoms with Crippen molar-refractivity contribution in [2.75, 3.05) is 5.32 Å². The Labute approximate surface area is 145 Å². The quantitative estimate of drug-likeness (QED) is 0.546. The number of hydrogen-bond donors (Lipinski definition) is 1. The van der Waals surface area contributed by atoms with Gasteiger partial charge in [0.15, 0.2) is 0 Å². The van der Waals surface area contributed by atoms with Gasteiger partial charge in [0, 0.05) is 18.6 Å². The molecule has 5 heteroatoms. The van der Waals surface area contributed by atoms with Crippen molar-refractivity contribution in [3.63, 3.8) is 0 Å². The van der Waals surface area contributed by atoms with Crippen molar-refractivity contribution in [2.45, 2.75) is 19.8 Å². The normalized spacial score (nSPS) is 10.6. The summed E-state index contributed by atoms with van der Waals surface area (Å²) in [5.74, 6) is -0.156. The minimum Gasteiger partial charge on any atom is -0.326 e. The lowest BCUT2D eigenvalue weighted by atomic mass is 10.0. The Morgan fingerprint density at radius 3 is 2.64 bits per heavy atom. The predicted octanol–water partition coefficient (Wildman–Crippen LogP) is 4.63. The molecule has 5 nitrogen and oxygen atoms in total. The van der Waals surface area contributed by atoms with Gasteiger partial charge in [-0.25, -0.2) is 0 Å². The number of anilines is 1. The zero-order chi connectivity index (χ0) is 17.8. The Balaban J connectivity index is 1.71. The van der Waals surface area contributed by atoms with Crippen LogP contribution >= 0.6 is 0 Å². The number of aryl methyl sites for hydroxylation is 2. The summed E-state index contributed by atoms with van der Waals surface area (Å²) in [5.41, 5.74) is 2.36. The number of fused-ring (bicyclic) bond motifs is 1. The molecule has 0 aromatic heterocycles. The lowest BCUT2D eigenvalue weighted by Crippen LogP contribution is -2.13. The molecule has 3 aromatic carbocycles. The molecular weight excluding hydrogens is 316 g/mol. The van der Waals surface area contributed by atoms with Crippen LogP contribution in [0.4, 0.5) is 11.4 Å². The average Bonchev–Trinajstić information content (AvgIpc) is 2.61. The van der Waals surface area contributed by atoms with Crippen molar-refractivity contribution in [2.24, 2.45) is 0 Å². The van der Waals surface area contributed by atoms with Gasteiger partial charge in [0.05, 0.1) is 10.6 Å². The zero-order valence-corrected chi connectivity index (χ0v) is 13.9. The van der Waals surface area contributed by atoms with Crippen LogP contribution in [0.25, 0.3) is 10.8 Å². The van der Waals surface area contributed by atoms with Crippen LogP contribution in [0, 0.1) is 17.0 Å². The van der Waals surface area contributed by atoms with Crippen molar-refractivity contribution in [1.29, 1.82) is 0 Å². The molecule has 1 N–H and O–H groups in total. The minimum absolute atomic E-state index is 0.0325. The van der Waals surface area contributed by atoms with Crippen molar-refractivity contribution >= 4 is 28.1 Å². The van der Waals surface area contributed by atoms with Crippen LogP contribution in [-0.4, -0.2) is 10.8 Å². The molecule has 0 radical (unpaired) electrons. The summed E-state index contributed by atoms with van der Waals surface area (Å²) in [6.07, 6.45) is 0.928. The molecule has 126 valence electrons. The van der Waals surface area contributed by atoms with Crippen LogP contribution < -0.4 is 5.32 Å². The number of benzene rings is 3. The number of amides is 1. The number of nitro benzene ring substituents is 1. The maximum absolute atomic E-state index is 12.3. The van der Waals surface area contributed by atoms with E-state index in [1.807, 2.05) is 49.4 Å². The highest BCUT2D eigenvalue weighted by Crippen LogP contribution is 2.23. The van der Waals surface area contributed by atoms with Gasteiger partial charge in [-0.3, -0.25) is 14.9 Å². The smallest absolute Gasteiger partial charge is 0.271 e. The van der Waals surface area contributed by atoms with Crippen molar-refractivity contribution in [1.82, 2.24) is 0 Å². The first-order valence-electron chi connectivity index (χ1n) is 8.06. The van der Waals surface area contributed by atoms with Crippen molar-refractivity contribution in [3.05, 3.63) is 81.9 Å². The molecule has 0 bridgehead atoms. The third kappa shape index (κ3) is 3.83. The first kappa shape index (κ1) is 16.6. The Bertz CT molecular complexity index is 945. The van der Waals surface area contributed by atoms with Gasteiger partial charge in [-0.15, -0.1) is 0 Å². The van der Waals surface area contributed by atoms with Crippen LogP contribution in [0.2, 0.25) is 0 Å². The van der Waals surface area contributed by atoms with E-state index in [0.29, 0.717) is 18.5 Å². The summed E-state index contributed by atoms with van der Waals surface area (Å²) < 4.78 is 0. The maximum atomic E-state index is 12.3. The van der Waals surface area contributed by atoms with E-state index in [0.717, 1.165) is 21.9 Å². The Morgan fingerprint density at radius 2 is 1.84 bits per heavy atom. The SMILES string of the molecule is Cc1ccc([N+](=O)[O-])cc1NC(=O)CCc1cccc2ccccc12. The van der Waals surface area contributed by atoms with Crippen molar-refractivity contribution < 1.29 is 9.72 Å². The Hall–Kier alpha value is -3.21. The second kappa shape index (κ2) is 7.13. The predicted molar refractivity (Wildman–Crippen MR) is 98.7 cm³/mol. The molecule has 0 atom stereocenters. The highest BCUT2D eigenvalue weighted by molar-refractivity contribution is 5.92. The number of nitrogens with zero attached hydrogens (tertiary/aromatic N) is 1. The summed E-state index contributed by atoms with van der Waals surface area (Å²) in [4.78, 5) is 22.7. The summed E-state index contributed by atoms with van der Waals surface area (Å²) in [6, 6.07) is 18.6. The molecule has 0 spiro atoms. The standard InChI is InChI=1S/C20H18N2O3/c1-14-9-11-17(22(24)25)13-19(14)21-20(23)12-10-16-7-4-6-15-5-2-3-8-18(15)16/h2-9,11,13H,10,12H2,1H3,(H,21,23). The number of nitro groups is 1. The van der Waals surface area contributed by atoms with Crippen LogP contribution in [0.3, 0.4) is 0 Å². The molecule has 3 rings (SSSR count). The summed E-state index contributed by atoms with van der Waals surface area (Å²) >= 11 is 0. The molecule has 0 heterocycles. The highest BCUT2D eigenvalue weighted by Gasteiger charge is 2.11. The van der Waals surface area contributed by atoms with E-state index in [1.165, 1.54) is 12.1 Å². The van der Waals surface area contributed by atoms with E-state index in [-0.39, 0.29) is 11.6 Å². The molecule has 3 aromatic rings. The van der Waals surface area contributed by atoms with E-state index in [4.69, 9.17) is 0 Å². The van der Waals surface area contributed by atoms with Gasteiger partial charge in [-0.2, -0.15) is 0 Å². The third-order valence-corrected chi connectivity index (χ3v) is 4.21. The molecule has 0 aliphatic rings. The second-order valence-corrected chi connectivity index (χ2v) is 5.94. The number of hydrogen-bond acceptors (Lipinski definition) is 3. The minimum atomic E-state index is -0.467. The van der Waals surface area contributed by atoms with Crippen LogP contribution in [0.5, 0.6) is 0 Å². The molecule has 0 fully saturated rings. The highest BCUT2D eigenvalue weighted by atomic mass is 16.6. The van der Waals surface area contributed by atoms with Gasteiger partial charge in [0.1, 0.15) is 0 Å². The molecule has 0 saturated carbocycles. The topological polar surface area (TPSA) is 72.2 Å². The molecule has 0 aliphatic heterocycles. The average molecular weight is 334 g/mol. The molecule has 25 heavy (non-hydrogen) atoms. The van der Waals surface area contributed by atoms with Gasteiger partial charge in [0.2, 0.25) is 5.91 Å². The van der Waals surface area contributed by atoms with Crippen LogP contribution in [0.1, 0.15) is 17.5 Å². The third-order valence-electron chi connectivity index (χ3n) is 4.21. The number of non-ortho nitro benzene ring substituents is 1. The molecular formula is C20H18N2O3. The van der Waals surface area contributed by atoms with Crippen LogP contribution in [-0.2, 0) is 11.2 Å². The van der Waals surface area contributed by atoms with Gasteiger partial charge in [0.25, 0.3) is 5.69 Å². The summed E-state index contributed by atoms with van der Waals surface area (Å²) in [6.45, 7) is 1.81. The lowest BCUT2D eigenvalue weighted by Gasteiger charge is -2.09. The van der Waals surface area contributed by atoms with Gasteiger partial charge < -0.3 is 5.32 Å². The van der Waals surface area contributed by atoms with E-state index < -0.39 is 4.92 Å². The maximum Gasteiger partial charge on any atom is 0.271 e. The molecule has 0 unspecified atom stereocenters. The molecule has 0 saturated heterocycles. The van der Waals surface area contributed by atoms with Gasteiger partial charge >= 0.3 is 0 Å². The van der Waals surface area contributed by atoms with Crippen LogP contribution in [0.15, 0.2) is 60.7 Å². The van der Waals surface area contributed by atoms with E-state index >= 15 is 0 Å². The van der Waals surface area contributed by atoms with Crippen molar-refractivity contribution in [3.8, 4) is 0 Å². The first-order chi connectivity index (χ1) is 12.0. The monoisotopic (exact) mass is 334 g/mol. The molecule has 0 aliphatic carbocycles. The second-order valence-electron chi connectivity index (χ2n) is 5.94. The number of carbonyl (C=O) groups is 1. The van der Waals surface area contributed by atoms with Gasteiger partial charge in [-0.1, -0.05) is 48.5 Å². The Morgan fingerprint density at radius 1 is 1.08 bits per heavy atom. The van der Waals surface area contributed by atoms with E-state index in [1.54, 1.807) is 6.07 Å². The number of rotatable bonds is 5. The summed E-state index contributed by atoms with van der Waals surface area (Å²) in [5, 5.41) is 15.9. The largest absolute Gasteiger partial charge is 0.326 e.